The summed E-state index contributed by atoms with van der Waals surface area (Å²) in [5.74, 6) is 0.888. The van der Waals surface area contributed by atoms with E-state index in [9.17, 15) is 9.90 Å². The fourth-order valence-electron chi connectivity index (χ4n) is 2.54. The van der Waals surface area contributed by atoms with Gasteiger partial charge in [0.05, 0.1) is 6.10 Å². The van der Waals surface area contributed by atoms with Crippen molar-refractivity contribution >= 4 is 28.2 Å². The van der Waals surface area contributed by atoms with Gasteiger partial charge in [-0.15, -0.1) is 11.3 Å². The first-order chi connectivity index (χ1) is 10.7. The predicted octanol–water partition coefficient (Wildman–Crippen LogP) is 2.17. The fourth-order valence-corrected chi connectivity index (χ4v) is 3.24. The molecule has 2 aromatic heterocycles. The Morgan fingerprint density at radius 2 is 2.32 bits per heavy atom. The van der Waals surface area contributed by atoms with Gasteiger partial charge in [0, 0.05) is 18.1 Å². The topological polar surface area (TPSA) is 87.1 Å². The molecular weight excluding hydrogens is 300 g/mol. The molecule has 6 nitrogen and oxygen atoms in total. The van der Waals surface area contributed by atoms with E-state index < -0.39 is 0 Å². The van der Waals surface area contributed by atoms with E-state index in [0.29, 0.717) is 29.1 Å². The lowest BCUT2D eigenvalue weighted by molar-refractivity contribution is 0.0941. The van der Waals surface area contributed by atoms with Crippen LogP contribution in [0.5, 0.6) is 0 Å². The van der Waals surface area contributed by atoms with Crippen LogP contribution >= 0.6 is 11.3 Å². The first kappa shape index (κ1) is 14.9. The highest BCUT2D eigenvalue weighted by molar-refractivity contribution is 7.14. The molecule has 1 fully saturated rings. The van der Waals surface area contributed by atoms with Crippen molar-refractivity contribution in [2.45, 2.75) is 25.4 Å². The number of carbonyl (C=O) groups is 1. The molecule has 22 heavy (non-hydrogen) atoms. The molecule has 7 heteroatoms. The van der Waals surface area contributed by atoms with Crippen molar-refractivity contribution in [1.29, 1.82) is 0 Å². The van der Waals surface area contributed by atoms with Gasteiger partial charge in [-0.1, -0.05) is 6.07 Å². The van der Waals surface area contributed by atoms with Crippen LogP contribution in [0.4, 0.5) is 10.9 Å². The smallest absolute Gasteiger partial charge is 0.270 e. The van der Waals surface area contributed by atoms with E-state index in [1.54, 1.807) is 11.6 Å². The number of hydrogen-bond acceptors (Lipinski definition) is 6. The monoisotopic (exact) mass is 318 g/mol. The zero-order valence-electron chi connectivity index (χ0n) is 12.0. The molecule has 2 unspecified atom stereocenters. The van der Waals surface area contributed by atoms with Gasteiger partial charge >= 0.3 is 0 Å². The summed E-state index contributed by atoms with van der Waals surface area (Å²) in [6.07, 6.45) is 4.04. The minimum Gasteiger partial charge on any atom is -0.393 e. The van der Waals surface area contributed by atoms with Gasteiger partial charge in [0.25, 0.3) is 5.91 Å². The number of aliphatic hydroxyl groups is 1. The Kier molecular flexibility index (Phi) is 4.65. The van der Waals surface area contributed by atoms with Crippen LogP contribution in [0.3, 0.4) is 0 Å². The minimum absolute atomic E-state index is 0.174. The molecule has 116 valence electrons. The molecular formula is C15H18N4O2S. The highest BCUT2D eigenvalue weighted by Crippen LogP contribution is 2.25. The summed E-state index contributed by atoms with van der Waals surface area (Å²) in [4.78, 5) is 20.5. The summed E-state index contributed by atoms with van der Waals surface area (Å²) < 4.78 is 0. The van der Waals surface area contributed by atoms with E-state index in [0.717, 1.165) is 19.3 Å². The van der Waals surface area contributed by atoms with Crippen molar-refractivity contribution in [2.75, 3.05) is 11.9 Å². The molecule has 1 aliphatic carbocycles. The Morgan fingerprint density at radius 1 is 1.41 bits per heavy atom. The van der Waals surface area contributed by atoms with Crippen molar-refractivity contribution in [2.24, 2.45) is 5.92 Å². The Bertz CT molecular complexity index is 631. The SMILES string of the molecule is O=C(NCC1CCC(O)C1)c1csc(Nc2ccccn2)n1. The number of nitrogens with one attached hydrogen (secondary N) is 2. The fraction of sp³-hybridized carbons (Fsp3) is 0.400. The third-order valence-corrected chi connectivity index (χ3v) is 4.46. The number of nitrogens with zero attached hydrogens (tertiary/aromatic N) is 2. The molecule has 2 aromatic rings. The largest absolute Gasteiger partial charge is 0.393 e. The average Bonchev–Trinajstić information content (AvgIpc) is 3.15. The first-order valence-electron chi connectivity index (χ1n) is 7.30. The molecule has 2 heterocycles. The molecule has 1 aliphatic rings. The average molecular weight is 318 g/mol. The van der Waals surface area contributed by atoms with Gasteiger partial charge in [0.2, 0.25) is 0 Å². The summed E-state index contributed by atoms with van der Waals surface area (Å²) in [6, 6.07) is 5.56. The number of pyridine rings is 1. The van der Waals surface area contributed by atoms with Crippen molar-refractivity contribution in [3.05, 3.63) is 35.5 Å². The van der Waals surface area contributed by atoms with Crippen molar-refractivity contribution in [3.8, 4) is 0 Å². The highest BCUT2D eigenvalue weighted by Gasteiger charge is 2.23. The summed E-state index contributed by atoms with van der Waals surface area (Å²) >= 11 is 1.37. The van der Waals surface area contributed by atoms with E-state index in [2.05, 4.69) is 20.6 Å². The number of hydrogen-bond donors (Lipinski definition) is 3. The normalized spacial score (nSPS) is 20.8. The summed E-state index contributed by atoms with van der Waals surface area (Å²) in [6.45, 7) is 0.594. The predicted molar refractivity (Wildman–Crippen MR) is 85.3 cm³/mol. The second-order valence-corrected chi connectivity index (χ2v) is 6.28. The van der Waals surface area contributed by atoms with Gasteiger partial charge in [-0.05, 0) is 37.3 Å². The number of thiazole rings is 1. The Hall–Kier alpha value is -1.99. The molecule has 0 bridgehead atoms. The number of rotatable bonds is 5. The van der Waals surface area contributed by atoms with E-state index >= 15 is 0 Å². The van der Waals surface area contributed by atoms with E-state index in [1.807, 2.05) is 18.2 Å². The van der Waals surface area contributed by atoms with Gasteiger partial charge in [0.15, 0.2) is 5.13 Å². The molecule has 3 rings (SSSR count). The third-order valence-electron chi connectivity index (χ3n) is 3.70. The number of aromatic nitrogens is 2. The van der Waals surface area contributed by atoms with Gasteiger partial charge in [0.1, 0.15) is 11.5 Å². The Morgan fingerprint density at radius 3 is 3.05 bits per heavy atom. The van der Waals surface area contributed by atoms with Crippen LogP contribution in [0.25, 0.3) is 0 Å². The van der Waals surface area contributed by atoms with Crippen LogP contribution in [0.1, 0.15) is 29.8 Å². The van der Waals surface area contributed by atoms with Crippen molar-refractivity contribution in [3.63, 3.8) is 0 Å². The lowest BCUT2D eigenvalue weighted by Crippen LogP contribution is -2.28. The van der Waals surface area contributed by atoms with Crippen LogP contribution in [-0.4, -0.2) is 33.6 Å². The van der Waals surface area contributed by atoms with Crippen molar-refractivity contribution in [1.82, 2.24) is 15.3 Å². The second kappa shape index (κ2) is 6.85. The summed E-state index contributed by atoms with van der Waals surface area (Å²) in [5, 5.41) is 17.8. The lowest BCUT2D eigenvalue weighted by Gasteiger charge is -2.09. The Labute approximate surface area is 132 Å². The zero-order valence-corrected chi connectivity index (χ0v) is 12.8. The van der Waals surface area contributed by atoms with Crippen LogP contribution in [0, 0.1) is 5.92 Å². The van der Waals surface area contributed by atoms with Crippen LogP contribution in [-0.2, 0) is 0 Å². The first-order valence-corrected chi connectivity index (χ1v) is 8.18. The Balaban J connectivity index is 1.53. The summed E-state index contributed by atoms with van der Waals surface area (Å²) in [7, 11) is 0. The van der Waals surface area contributed by atoms with E-state index in [4.69, 9.17) is 0 Å². The molecule has 3 N–H and O–H groups in total. The van der Waals surface area contributed by atoms with E-state index in [-0.39, 0.29) is 12.0 Å². The summed E-state index contributed by atoms with van der Waals surface area (Å²) in [5.41, 5.74) is 0.405. The van der Waals surface area contributed by atoms with Crippen LogP contribution in [0.2, 0.25) is 0 Å². The molecule has 0 aromatic carbocycles. The maximum atomic E-state index is 12.1. The van der Waals surface area contributed by atoms with Gasteiger partial charge < -0.3 is 15.7 Å². The number of aliphatic hydroxyl groups excluding tert-OH is 1. The van der Waals surface area contributed by atoms with Crippen LogP contribution < -0.4 is 10.6 Å². The molecule has 0 aliphatic heterocycles. The molecule has 0 radical (unpaired) electrons. The number of amides is 1. The van der Waals surface area contributed by atoms with E-state index in [1.165, 1.54) is 11.3 Å². The minimum atomic E-state index is -0.213. The molecule has 0 spiro atoms. The van der Waals surface area contributed by atoms with Crippen LogP contribution in [0.15, 0.2) is 29.8 Å². The molecule has 1 saturated carbocycles. The number of anilines is 2. The maximum Gasteiger partial charge on any atom is 0.270 e. The lowest BCUT2D eigenvalue weighted by atomic mass is 10.1. The molecule has 1 amide bonds. The quantitative estimate of drug-likeness (QED) is 0.786. The van der Waals surface area contributed by atoms with Gasteiger partial charge in [-0.3, -0.25) is 4.79 Å². The third kappa shape index (κ3) is 3.80. The molecule has 2 atom stereocenters. The standard InChI is InChI=1S/C15H18N4O2S/c20-11-5-4-10(7-11)8-17-14(21)12-9-22-15(18-12)19-13-3-1-2-6-16-13/h1-3,6,9-11,20H,4-5,7-8H2,(H,17,21)(H,16,18,19). The highest BCUT2D eigenvalue weighted by atomic mass is 32.1. The van der Waals surface area contributed by atoms with Crippen molar-refractivity contribution < 1.29 is 9.90 Å². The zero-order chi connectivity index (χ0) is 15.4. The molecule has 0 saturated heterocycles. The second-order valence-electron chi connectivity index (χ2n) is 5.42. The van der Waals surface area contributed by atoms with Gasteiger partial charge in [-0.25, -0.2) is 9.97 Å². The maximum absolute atomic E-state index is 12.1. The van der Waals surface area contributed by atoms with Gasteiger partial charge in [-0.2, -0.15) is 0 Å². The number of carbonyl (C=O) groups excluding carboxylic acids is 1.